The Balaban J connectivity index is 1.28. The van der Waals surface area contributed by atoms with E-state index in [4.69, 9.17) is 9.15 Å². The van der Waals surface area contributed by atoms with Crippen molar-refractivity contribution in [2.75, 3.05) is 13.1 Å². The second kappa shape index (κ2) is 7.48. The molecule has 2 aromatic heterocycles. The third-order valence-electron chi connectivity index (χ3n) is 5.93. The number of amides is 1. The van der Waals surface area contributed by atoms with Gasteiger partial charge in [0, 0.05) is 31.9 Å². The van der Waals surface area contributed by atoms with Gasteiger partial charge >= 0.3 is 0 Å². The van der Waals surface area contributed by atoms with Crippen LogP contribution in [0, 0.1) is 0 Å². The van der Waals surface area contributed by atoms with E-state index in [-0.39, 0.29) is 11.7 Å². The molecule has 7 nitrogen and oxygen atoms in total. The predicted molar refractivity (Wildman–Crippen MR) is 109 cm³/mol. The van der Waals surface area contributed by atoms with Crippen LogP contribution in [0.2, 0.25) is 0 Å². The molecule has 0 bridgehead atoms. The van der Waals surface area contributed by atoms with E-state index in [0.717, 1.165) is 12.8 Å². The van der Waals surface area contributed by atoms with Crippen molar-refractivity contribution in [3.8, 4) is 5.75 Å². The second-order valence-electron chi connectivity index (χ2n) is 8.00. The predicted octanol–water partition coefficient (Wildman–Crippen LogP) is 3.55. The molecule has 1 aromatic carbocycles. The number of aromatic nitrogens is 2. The van der Waals surface area contributed by atoms with E-state index in [9.17, 15) is 9.59 Å². The minimum atomic E-state index is -0.533. The lowest BCUT2D eigenvalue weighted by Crippen LogP contribution is -2.43. The molecule has 0 radical (unpaired) electrons. The number of ketones is 1. The average molecular weight is 405 g/mol. The van der Waals surface area contributed by atoms with Gasteiger partial charge in [0.15, 0.2) is 11.5 Å². The summed E-state index contributed by atoms with van der Waals surface area (Å²) in [6, 6.07) is 12.8. The van der Waals surface area contributed by atoms with Gasteiger partial charge in [0.25, 0.3) is 5.91 Å². The molecule has 3 aromatic rings. The van der Waals surface area contributed by atoms with Gasteiger partial charge in [-0.3, -0.25) is 14.3 Å². The number of carbonyl (C=O) groups excluding carboxylic acids is 2. The first-order valence-corrected chi connectivity index (χ1v) is 10.3. The Labute approximate surface area is 174 Å². The van der Waals surface area contributed by atoms with Crippen molar-refractivity contribution in [1.29, 1.82) is 0 Å². The number of nitrogens with zero attached hydrogens (tertiary/aromatic N) is 3. The monoisotopic (exact) mass is 405 g/mol. The van der Waals surface area contributed by atoms with Crippen LogP contribution in [-0.2, 0) is 6.54 Å². The molecular formula is C23H23N3O4. The van der Waals surface area contributed by atoms with Crippen molar-refractivity contribution in [2.24, 2.45) is 0 Å². The molecule has 1 fully saturated rings. The van der Waals surface area contributed by atoms with E-state index in [2.05, 4.69) is 5.10 Å². The first-order chi connectivity index (χ1) is 14.6. The number of fused-ring (bicyclic) bond motifs is 1. The molecule has 2 aliphatic rings. The lowest BCUT2D eigenvalue weighted by Gasteiger charge is -2.37. The molecule has 7 heteroatoms. The number of ether oxygens (including phenoxy) is 1. The Kier molecular flexibility index (Phi) is 4.65. The quantitative estimate of drug-likeness (QED) is 0.666. The van der Waals surface area contributed by atoms with E-state index in [1.54, 1.807) is 21.8 Å². The molecule has 1 atom stereocenters. The Morgan fingerprint density at radius 1 is 1.10 bits per heavy atom. The summed E-state index contributed by atoms with van der Waals surface area (Å²) in [6.45, 7) is 1.64. The van der Waals surface area contributed by atoms with Crippen molar-refractivity contribution in [3.63, 3.8) is 0 Å². The lowest BCUT2D eigenvalue weighted by molar-refractivity contribution is 0.0298. The summed E-state index contributed by atoms with van der Waals surface area (Å²) in [5, 5.41) is 4.16. The van der Waals surface area contributed by atoms with Gasteiger partial charge < -0.3 is 14.1 Å². The summed E-state index contributed by atoms with van der Waals surface area (Å²) in [7, 11) is 0. The van der Waals surface area contributed by atoms with E-state index >= 15 is 0 Å². The molecule has 4 heterocycles. The number of para-hydroxylation sites is 1. The molecule has 30 heavy (non-hydrogen) atoms. The fourth-order valence-electron chi connectivity index (χ4n) is 4.38. The summed E-state index contributed by atoms with van der Waals surface area (Å²) in [4.78, 5) is 27.5. The van der Waals surface area contributed by atoms with Crippen molar-refractivity contribution in [2.45, 2.75) is 37.8 Å². The summed E-state index contributed by atoms with van der Waals surface area (Å²) in [5.74, 6) is 1.67. The summed E-state index contributed by atoms with van der Waals surface area (Å²) in [6.07, 6.45) is 6.07. The molecule has 1 amide bonds. The number of hydrogen-bond donors (Lipinski definition) is 0. The van der Waals surface area contributed by atoms with Crippen LogP contribution in [0.4, 0.5) is 0 Å². The van der Waals surface area contributed by atoms with Gasteiger partial charge in [0.2, 0.25) is 0 Å². The first-order valence-electron chi connectivity index (χ1n) is 10.3. The average Bonchev–Trinajstić information content (AvgIpc) is 3.39. The van der Waals surface area contributed by atoms with Gasteiger partial charge in [-0.05, 0) is 43.2 Å². The normalized spacial score (nSPS) is 21.2. The van der Waals surface area contributed by atoms with Crippen molar-refractivity contribution in [3.05, 3.63) is 71.9 Å². The van der Waals surface area contributed by atoms with E-state index in [0.29, 0.717) is 55.3 Å². The SMILES string of the molecule is O=C1CC2(CCCN(C(=O)c3ccc(Cn4cccn4)o3)CC2)Oc2ccccc21. The topological polar surface area (TPSA) is 77.6 Å². The molecule has 0 aliphatic carbocycles. The zero-order valence-corrected chi connectivity index (χ0v) is 16.6. The van der Waals surface area contributed by atoms with Crippen LogP contribution in [-0.4, -0.2) is 45.1 Å². The molecule has 1 saturated heterocycles. The van der Waals surface area contributed by atoms with Crippen LogP contribution in [0.15, 0.2) is 59.3 Å². The summed E-state index contributed by atoms with van der Waals surface area (Å²) < 4.78 is 13.8. The number of Topliss-reactive ketones (excluding diaryl/α,β-unsaturated/α-hetero) is 1. The number of likely N-dealkylation sites (tertiary alicyclic amines) is 1. The van der Waals surface area contributed by atoms with Gasteiger partial charge in [-0.15, -0.1) is 0 Å². The molecule has 1 spiro atoms. The van der Waals surface area contributed by atoms with Crippen molar-refractivity contribution >= 4 is 11.7 Å². The van der Waals surface area contributed by atoms with Gasteiger partial charge in [-0.1, -0.05) is 12.1 Å². The van der Waals surface area contributed by atoms with Crippen LogP contribution < -0.4 is 4.74 Å². The van der Waals surface area contributed by atoms with E-state index < -0.39 is 5.60 Å². The van der Waals surface area contributed by atoms with Crippen molar-refractivity contribution < 1.29 is 18.7 Å². The highest BCUT2D eigenvalue weighted by Crippen LogP contribution is 2.39. The Morgan fingerprint density at radius 3 is 2.87 bits per heavy atom. The van der Waals surface area contributed by atoms with Gasteiger partial charge in [-0.2, -0.15) is 5.10 Å². The maximum Gasteiger partial charge on any atom is 0.289 e. The number of rotatable bonds is 3. The highest BCUT2D eigenvalue weighted by Gasteiger charge is 2.42. The Hall–Kier alpha value is -3.35. The molecular weight excluding hydrogens is 382 g/mol. The van der Waals surface area contributed by atoms with Gasteiger partial charge in [-0.25, -0.2) is 0 Å². The van der Waals surface area contributed by atoms with Crippen LogP contribution in [0.5, 0.6) is 5.75 Å². The summed E-state index contributed by atoms with van der Waals surface area (Å²) in [5.41, 5.74) is 0.120. The van der Waals surface area contributed by atoms with Gasteiger partial charge in [0.1, 0.15) is 17.1 Å². The minimum Gasteiger partial charge on any atom is -0.486 e. The van der Waals surface area contributed by atoms with Crippen LogP contribution in [0.3, 0.4) is 0 Å². The Bertz CT molecular complexity index is 1070. The lowest BCUT2D eigenvalue weighted by atomic mass is 9.84. The summed E-state index contributed by atoms with van der Waals surface area (Å²) >= 11 is 0. The molecule has 0 saturated carbocycles. The third-order valence-corrected chi connectivity index (χ3v) is 5.93. The maximum absolute atomic E-state index is 13.0. The fourth-order valence-corrected chi connectivity index (χ4v) is 4.38. The molecule has 2 aliphatic heterocycles. The third kappa shape index (κ3) is 3.51. The highest BCUT2D eigenvalue weighted by atomic mass is 16.5. The zero-order chi connectivity index (χ0) is 20.6. The largest absolute Gasteiger partial charge is 0.486 e. The molecule has 154 valence electrons. The molecule has 5 rings (SSSR count). The van der Waals surface area contributed by atoms with Crippen molar-refractivity contribution in [1.82, 2.24) is 14.7 Å². The number of furan rings is 1. The number of benzene rings is 1. The minimum absolute atomic E-state index is 0.117. The number of carbonyl (C=O) groups is 2. The van der Waals surface area contributed by atoms with Crippen LogP contribution >= 0.6 is 0 Å². The van der Waals surface area contributed by atoms with Crippen LogP contribution in [0.1, 0.15) is 52.4 Å². The zero-order valence-electron chi connectivity index (χ0n) is 16.6. The van der Waals surface area contributed by atoms with E-state index in [1.807, 2.05) is 42.6 Å². The standard InChI is InChI=1S/C23H23N3O4/c27-19-15-23(30-20-6-2-1-5-18(19)20)9-3-12-25(14-10-23)22(28)21-8-7-17(29-21)16-26-13-4-11-24-26/h1-2,4-8,11,13H,3,9-10,12,14-16H2. The van der Waals surface area contributed by atoms with Crippen LogP contribution in [0.25, 0.3) is 0 Å². The smallest absolute Gasteiger partial charge is 0.289 e. The second-order valence-corrected chi connectivity index (χ2v) is 8.00. The first kappa shape index (κ1) is 18.7. The van der Waals surface area contributed by atoms with E-state index in [1.165, 1.54) is 0 Å². The van der Waals surface area contributed by atoms with Gasteiger partial charge in [0.05, 0.1) is 18.5 Å². The number of hydrogen-bond acceptors (Lipinski definition) is 5. The fraction of sp³-hybridized carbons (Fsp3) is 0.348. The molecule has 0 N–H and O–H groups in total. The maximum atomic E-state index is 13.0. The highest BCUT2D eigenvalue weighted by molar-refractivity contribution is 6.00. The molecule has 1 unspecified atom stereocenters. The Morgan fingerprint density at radius 2 is 2.00 bits per heavy atom.